The molecule has 0 saturated carbocycles. The molecule has 0 spiro atoms. The van der Waals surface area contributed by atoms with Gasteiger partial charge < -0.3 is 10.1 Å². The van der Waals surface area contributed by atoms with E-state index in [9.17, 15) is 0 Å². The van der Waals surface area contributed by atoms with Crippen LogP contribution in [0.5, 0.6) is 5.75 Å². The Bertz CT molecular complexity index is 445. The van der Waals surface area contributed by atoms with Crippen LogP contribution in [0.25, 0.3) is 0 Å². The van der Waals surface area contributed by atoms with Crippen molar-refractivity contribution in [3.63, 3.8) is 0 Å². The van der Waals surface area contributed by atoms with Crippen LogP contribution in [0.3, 0.4) is 0 Å². The number of nitrogens with one attached hydrogen (secondary N) is 1. The molecule has 1 aromatic carbocycles. The quantitative estimate of drug-likeness (QED) is 0.901. The Hall–Kier alpha value is -0.990. The minimum atomic E-state index is 0. The predicted octanol–water partition coefficient (Wildman–Crippen LogP) is 2.79. The lowest BCUT2D eigenvalue weighted by Gasteiger charge is -2.34. The Morgan fingerprint density at radius 2 is 2.05 bits per heavy atom. The highest BCUT2D eigenvalue weighted by molar-refractivity contribution is 5.85. The molecule has 2 rings (SSSR count). The van der Waals surface area contributed by atoms with E-state index in [-0.39, 0.29) is 30.9 Å². The van der Waals surface area contributed by atoms with Gasteiger partial charge in [0.25, 0.3) is 0 Å². The molecule has 0 bridgehead atoms. The van der Waals surface area contributed by atoms with Crippen molar-refractivity contribution < 1.29 is 4.74 Å². The molecule has 1 fully saturated rings. The molecule has 0 aliphatic carbocycles. The smallest absolute Gasteiger partial charge is 0.119 e. The number of benzene rings is 1. The Labute approximate surface area is 139 Å². The lowest BCUT2D eigenvalue weighted by molar-refractivity contribution is 0.175. The summed E-state index contributed by atoms with van der Waals surface area (Å²) in [6.45, 7) is 6.62. The summed E-state index contributed by atoms with van der Waals surface area (Å²) in [7, 11) is 0. The van der Waals surface area contributed by atoms with E-state index < -0.39 is 0 Å². The normalized spacial score (nSPS) is 16.0. The summed E-state index contributed by atoms with van der Waals surface area (Å²) < 4.78 is 5.55. The largest absolute Gasteiger partial charge is 0.494 e. The molecule has 1 N–H and O–H groups in total. The number of ether oxygens (including phenoxy) is 1. The molecule has 6 heteroatoms. The maximum Gasteiger partial charge on any atom is 0.119 e. The van der Waals surface area contributed by atoms with Gasteiger partial charge in [0, 0.05) is 32.2 Å². The van der Waals surface area contributed by atoms with Gasteiger partial charge in [-0.15, -0.1) is 24.8 Å². The van der Waals surface area contributed by atoms with Crippen LogP contribution in [0.2, 0.25) is 0 Å². The average molecular weight is 332 g/mol. The van der Waals surface area contributed by atoms with Crippen LogP contribution >= 0.6 is 24.8 Å². The number of nitriles is 1. The molecule has 1 aromatic rings. The molecule has 1 atom stereocenters. The van der Waals surface area contributed by atoms with Gasteiger partial charge in [0.1, 0.15) is 5.75 Å². The third-order valence-corrected chi connectivity index (χ3v) is 3.43. The monoisotopic (exact) mass is 331 g/mol. The molecule has 4 nitrogen and oxygen atoms in total. The lowest BCUT2D eigenvalue weighted by Crippen LogP contribution is -2.45. The summed E-state index contributed by atoms with van der Waals surface area (Å²) in [5.41, 5.74) is 1.18. The molecular weight excluding hydrogens is 309 g/mol. The standard InChI is InChI=1S/C15H21N3O.2ClH/c1-2-19-14-5-3-4-13(12-14)15(6-7-16)18-10-8-17-9-11-18;;/h3-5,12,15,17H,2,6,8-11H2,1H3;2*1H/t15-;;/m0../s1. The van der Waals surface area contributed by atoms with Crippen LogP contribution in [0.1, 0.15) is 24.9 Å². The zero-order valence-corrected chi connectivity index (χ0v) is 13.9. The van der Waals surface area contributed by atoms with Crippen molar-refractivity contribution in [2.24, 2.45) is 0 Å². The fourth-order valence-electron chi connectivity index (χ4n) is 2.52. The first-order valence-electron chi connectivity index (χ1n) is 6.89. The van der Waals surface area contributed by atoms with Crippen molar-refractivity contribution >= 4 is 24.8 Å². The number of rotatable bonds is 5. The molecule has 118 valence electrons. The van der Waals surface area contributed by atoms with Crippen molar-refractivity contribution in [1.29, 1.82) is 5.26 Å². The highest BCUT2D eigenvalue weighted by atomic mass is 35.5. The molecule has 0 unspecified atom stereocenters. The van der Waals surface area contributed by atoms with E-state index in [1.807, 2.05) is 19.1 Å². The number of piperazine rings is 1. The molecule has 0 amide bonds. The number of hydrogen-bond donors (Lipinski definition) is 1. The fourth-order valence-corrected chi connectivity index (χ4v) is 2.52. The zero-order chi connectivity index (χ0) is 13.5. The van der Waals surface area contributed by atoms with Crippen LogP contribution in [-0.2, 0) is 0 Å². The molecule has 0 radical (unpaired) electrons. The first-order chi connectivity index (χ1) is 9.35. The topological polar surface area (TPSA) is 48.3 Å². The highest BCUT2D eigenvalue weighted by Gasteiger charge is 2.22. The first-order valence-corrected chi connectivity index (χ1v) is 6.89. The molecular formula is C15H23Cl2N3O. The van der Waals surface area contributed by atoms with Gasteiger partial charge >= 0.3 is 0 Å². The summed E-state index contributed by atoms with van der Waals surface area (Å²) in [6.07, 6.45) is 0.523. The van der Waals surface area contributed by atoms with Crippen molar-refractivity contribution in [2.75, 3.05) is 32.8 Å². The van der Waals surface area contributed by atoms with Crippen LogP contribution in [0, 0.1) is 11.3 Å². The van der Waals surface area contributed by atoms with Gasteiger partial charge in [0.05, 0.1) is 19.1 Å². The highest BCUT2D eigenvalue weighted by Crippen LogP contribution is 2.27. The van der Waals surface area contributed by atoms with E-state index in [2.05, 4.69) is 28.4 Å². The first kappa shape index (κ1) is 20.0. The second kappa shape index (κ2) is 10.7. The molecule has 1 heterocycles. The van der Waals surface area contributed by atoms with E-state index in [1.165, 1.54) is 5.56 Å². The summed E-state index contributed by atoms with van der Waals surface area (Å²) in [5.74, 6) is 0.887. The Kier molecular flexibility index (Phi) is 10.2. The third-order valence-electron chi connectivity index (χ3n) is 3.43. The maximum atomic E-state index is 9.08. The van der Waals surface area contributed by atoms with Gasteiger partial charge in [-0.25, -0.2) is 0 Å². The number of nitrogens with zero attached hydrogens (tertiary/aromatic N) is 2. The van der Waals surface area contributed by atoms with E-state index in [4.69, 9.17) is 10.00 Å². The SMILES string of the molecule is CCOc1cccc([C@H](CC#N)N2CCNCC2)c1.Cl.Cl. The second-order valence-electron chi connectivity index (χ2n) is 4.67. The minimum absolute atomic E-state index is 0. The van der Waals surface area contributed by atoms with Crippen LogP contribution < -0.4 is 10.1 Å². The van der Waals surface area contributed by atoms with Gasteiger partial charge in [0.2, 0.25) is 0 Å². The molecule has 1 aliphatic heterocycles. The second-order valence-corrected chi connectivity index (χ2v) is 4.67. The lowest BCUT2D eigenvalue weighted by atomic mass is 10.0. The third kappa shape index (κ3) is 5.72. The summed E-state index contributed by atoms with van der Waals surface area (Å²) in [5, 5.41) is 12.4. The maximum absolute atomic E-state index is 9.08. The van der Waals surface area contributed by atoms with Crippen molar-refractivity contribution in [3.8, 4) is 11.8 Å². The number of halogens is 2. The van der Waals surface area contributed by atoms with Gasteiger partial charge in [-0.05, 0) is 24.6 Å². The van der Waals surface area contributed by atoms with Gasteiger partial charge in [-0.1, -0.05) is 12.1 Å². The zero-order valence-electron chi connectivity index (χ0n) is 12.2. The summed E-state index contributed by atoms with van der Waals surface area (Å²) >= 11 is 0. The van der Waals surface area contributed by atoms with Crippen molar-refractivity contribution in [1.82, 2.24) is 10.2 Å². The minimum Gasteiger partial charge on any atom is -0.494 e. The van der Waals surface area contributed by atoms with Crippen LogP contribution in [0.15, 0.2) is 24.3 Å². The van der Waals surface area contributed by atoms with Gasteiger partial charge in [0.15, 0.2) is 0 Å². The Balaban J connectivity index is 0.00000200. The van der Waals surface area contributed by atoms with Crippen LogP contribution in [-0.4, -0.2) is 37.7 Å². The van der Waals surface area contributed by atoms with Gasteiger partial charge in [-0.3, -0.25) is 4.90 Å². The van der Waals surface area contributed by atoms with Crippen LogP contribution in [0.4, 0.5) is 0 Å². The van der Waals surface area contributed by atoms with E-state index in [0.717, 1.165) is 31.9 Å². The van der Waals surface area contributed by atoms with E-state index >= 15 is 0 Å². The molecule has 1 aliphatic rings. The predicted molar refractivity (Wildman–Crippen MR) is 89.5 cm³/mol. The van der Waals surface area contributed by atoms with Crippen molar-refractivity contribution in [2.45, 2.75) is 19.4 Å². The number of hydrogen-bond acceptors (Lipinski definition) is 4. The van der Waals surface area contributed by atoms with Gasteiger partial charge in [-0.2, -0.15) is 5.26 Å². The fraction of sp³-hybridized carbons (Fsp3) is 0.533. The summed E-state index contributed by atoms with van der Waals surface area (Å²) in [6, 6.07) is 10.6. The molecule has 1 saturated heterocycles. The molecule has 21 heavy (non-hydrogen) atoms. The molecule has 0 aromatic heterocycles. The van der Waals surface area contributed by atoms with E-state index in [0.29, 0.717) is 13.0 Å². The summed E-state index contributed by atoms with van der Waals surface area (Å²) in [4.78, 5) is 2.38. The average Bonchev–Trinajstić information content (AvgIpc) is 2.46. The van der Waals surface area contributed by atoms with Crippen molar-refractivity contribution in [3.05, 3.63) is 29.8 Å². The van der Waals surface area contributed by atoms with E-state index in [1.54, 1.807) is 0 Å². The Morgan fingerprint density at radius 1 is 1.33 bits per heavy atom. The Morgan fingerprint density at radius 3 is 2.67 bits per heavy atom.